The summed E-state index contributed by atoms with van der Waals surface area (Å²) in [5.74, 6) is 1.62. The Bertz CT molecular complexity index is 1290. The summed E-state index contributed by atoms with van der Waals surface area (Å²) in [6.45, 7) is 1.37. The van der Waals surface area contributed by atoms with Crippen molar-refractivity contribution in [3.63, 3.8) is 0 Å². The van der Waals surface area contributed by atoms with Crippen molar-refractivity contribution in [2.75, 3.05) is 25.0 Å². The van der Waals surface area contributed by atoms with Gasteiger partial charge in [0.25, 0.3) is 0 Å². The van der Waals surface area contributed by atoms with E-state index in [-0.39, 0.29) is 12.1 Å². The SMILES string of the molecule is O=C(NC12CC(C1)C2)O[C@@H]1CO[C@H](c2cc(Nc3nccc4nc(CN5CC(F)C5)cn34)n[nH]2)[C@@H]1F. The minimum atomic E-state index is -1.53. The molecule has 1 amide bonds. The fraction of sp³-hybridized carbons (Fsp3) is 0.565. The Morgan fingerprint density at radius 3 is 2.89 bits per heavy atom. The number of alkyl carbamates (subject to hydrolysis) is 1. The van der Waals surface area contributed by atoms with Gasteiger partial charge in [-0.25, -0.2) is 23.5 Å². The molecule has 0 radical (unpaired) electrons. The highest BCUT2D eigenvalue weighted by Crippen LogP contribution is 2.57. The van der Waals surface area contributed by atoms with Crippen LogP contribution in [0.5, 0.6) is 0 Å². The first-order valence-corrected chi connectivity index (χ1v) is 12.2. The van der Waals surface area contributed by atoms with Gasteiger partial charge < -0.3 is 20.1 Å². The number of fused-ring (bicyclic) bond motifs is 1. The minimum Gasteiger partial charge on any atom is -0.441 e. The third kappa shape index (κ3) is 3.77. The highest BCUT2D eigenvalue weighted by Gasteiger charge is 2.58. The highest BCUT2D eigenvalue weighted by atomic mass is 19.1. The molecule has 2 aliphatic heterocycles. The van der Waals surface area contributed by atoms with Crippen LogP contribution in [0.1, 0.15) is 36.8 Å². The first kappa shape index (κ1) is 21.9. The number of anilines is 2. The first-order valence-electron chi connectivity index (χ1n) is 12.2. The predicted molar refractivity (Wildman–Crippen MR) is 122 cm³/mol. The van der Waals surface area contributed by atoms with Gasteiger partial charge in [-0.1, -0.05) is 0 Å². The van der Waals surface area contributed by atoms with Gasteiger partial charge in [0.2, 0.25) is 5.95 Å². The summed E-state index contributed by atoms with van der Waals surface area (Å²) in [6, 6.07) is 3.42. The van der Waals surface area contributed by atoms with Gasteiger partial charge in [0.15, 0.2) is 18.1 Å². The van der Waals surface area contributed by atoms with Crippen molar-refractivity contribution in [2.24, 2.45) is 5.92 Å². The topological polar surface area (TPSA) is 122 Å². The van der Waals surface area contributed by atoms with Crippen molar-refractivity contribution in [3.8, 4) is 0 Å². The van der Waals surface area contributed by atoms with E-state index >= 15 is 4.39 Å². The Morgan fingerprint density at radius 1 is 1.31 bits per heavy atom. The van der Waals surface area contributed by atoms with Crippen LogP contribution in [0.15, 0.2) is 24.5 Å². The number of ether oxygens (including phenoxy) is 2. The van der Waals surface area contributed by atoms with E-state index in [1.54, 1.807) is 22.7 Å². The lowest BCUT2D eigenvalue weighted by atomic mass is 9.50. The van der Waals surface area contributed by atoms with Crippen molar-refractivity contribution in [2.45, 2.75) is 55.9 Å². The average Bonchev–Trinajstić information content (AvgIpc) is 3.49. The lowest BCUT2D eigenvalue weighted by Crippen LogP contribution is -2.68. The maximum atomic E-state index is 15.1. The predicted octanol–water partition coefficient (Wildman–Crippen LogP) is 2.41. The molecule has 5 heterocycles. The number of likely N-dealkylation sites (tertiary alicyclic amines) is 1. The summed E-state index contributed by atoms with van der Waals surface area (Å²) in [7, 11) is 0. The summed E-state index contributed by atoms with van der Waals surface area (Å²) in [5.41, 5.74) is 1.79. The summed E-state index contributed by atoms with van der Waals surface area (Å²) in [6.07, 6.45) is 1.62. The van der Waals surface area contributed by atoms with Crippen molar-refractivity contribution >= 4 is 23.5 Å². The van der Waals surface area contributed by atoms with Crippen molar-refractivity contribution in [3.05, 3.63) is 35.9 Å². The number of imidazole rings is 1. The van der Waals surface area contributed by atoms with E-state index in [4.69, 9.17) is 9.47 Å². The monoisotopic (exact) mass is 500 g/mol. The van der Waals surface area contributed by atoms with E-state index in [0.717, 1.165) is 30.9 Å². The van der Waals surface area contributed by atoms with Gasteiger partial charge in [-0.05, 0) is 31.2 Å². The molecule has 2 saturated heterocycles. The Hall–Kier alpha value is -3.32. The number of carbonyl (C=O) groups excluding carboxylic acids is 1. The van der Waals surface area contributed by atoms with Gasteiger partial charge in [-0.2, -0.15) is 5.10 Å². The molecule has 0 aromatic carbocycles. The molecule has 3 atom stereocenters. The van der Waals surface area contributed by atoms with Crippen LogP contribution in [-0.2, 0) is 16.0 Å². The Labute approximate surface area is 204 Å². The molecule has 3 N–H and O–H groups in total. The van der Waals surface area contributed by atoms with Crippen molar-refractivity contribution in [1.82, 2.24) is 34.8 Å². The quantitative estimate of drug-likeness (QED) is 0.452. The number of carbonyl (C=O) groups is 1. The van der Waals surface area contributed by atoms with Gasteiger partial charge in [-0.15, -0.1) is 0 Å². The molecule has 2 bridgehead atoms. The normalized spacial score (nSPS) is 31.5. The molecular formula is C23H26F2N8O3. The van der Waals surface area contributed by atoms with Crippen molar-refractivity contribution < 1.29 is 23.0 Å². The van der Waals surface area contributed by atoms with Crippen LogP contribution in [-0.4, -0.2) is 79.2 Å². The lowest BCUT2D eigenvalue weighted by Gasteiger charge is -2.61. The summed E-state index contributed by atoms with van der Waals surface area (Å²) < 4.78 is 40.9. The summed E-state index contributed by atoms with van der Waals surface area (Å²) >= 11 is 0. The number of H-pyrrole nitrogens is 1. The number of hydrogen-bond donors (Lipinski definition) is 3. The zero-order valence-electron chi connectivity index (χ0n) is 19.4. The van der Waals surface area contributed by atoms with Gasteiger partial charge in [-0.3, -0.25) is 14.4 Å². The Morgan fingerprint density at radius 2 is 2.14 bits per heavy atom. The van der Waals surface area contributed by atoms with Crippen molar-refractivity contribution in [1.29, 1.82) is 0 Å². The lowest BCUT2D eigenvalue weighted by molar-refractivity contribution is -0.0528. The van der Waals surface area contributed by atoms with E-state index in [0.29, 0.717) is 42.7 Å². The number of alkyl halides is 2. The number of hydrogen-bond acceptors (Lipinski definition) is 8. The molecule has 13 heteroatoms. The van der Waals surface area contributed by atoms with Crippen LogP contribution >= 0.6 is 0 Å². The van der Waals surface area contributed by atoms with Gasteiger partial charge in [0.05, 0.1) is 18.0 Å². The van der Waals surface area contributed by atoms with Gasteiger partial charge in [0.1, 0.15) is 17.9 Å². The largest absolute Gasteiger partial charge is 0.441 e. The standard InChI is InChI=1S/C23H26F2N8O3/c24-13-7-32(8-13)9-14-10-33-18(27-14)1-2-26-21(33)28-17-3-15(30-31-17)20-19(25)16(11-35-20)36-22(34)29-23-4-12(5-23)6-23/h1-3,10,12-13,16,19-20H,4-9,11H2,(H,29,34)(H2,26,28,30,31)/t12?,16-,19-,20-,23?/m1/s1. The maximum Gasteiger partial charge on any atom is 0.408 e. The number of amides is 1. The summed E-state index contributed by atoms with van der Waals surface area (Å²) in [5, 5.41) is 13.0. The minimum absolute atomic E-state index is 0.0322. The molecule has 36 heavy (non-hydrogen) atoms. The molecule has 0 unspecified atom stereocenters. The third-order valence-electron chi connectivity index (χ3n) is 7.62. The molecule has 3 aromatic rings. The molecule has 0 spiro atoms. The molecular weight excluding hydrogens is 474 g/mol. The van der Waals surface area contributed by atoms with E-state index in [2.05, 4.69) is 30.8 Å². The zero-order valence-corrected chi connectivity index (χ0v) is 19.4. The second-order valence-electron chi connectivity index (χ2n) is 10.4. The molecule has 11 nitrogen and oxygen atoms in total. The molecule has 3 aliphatic carbocycles. The van der Waals surface area contributed by atoms with Crippen LogP contribution in [0.3, 0.4) is 0 Å². The highest BCUT2D eigenvalue weighted by molar-refractivity contribution is 5.69. The number of rotatable bonds is 7. The van der Waals surface area contributed by atoms with Crippen LogP contribution < -0.4 is 10.6 Å². The number of nitrogens with one attached hydrogen (secondary N) is 3. The van der Waals surface area contributed by atoms with Gasteiger partial charge in [0, 0.05) is 43.6 Å². The number of aromatic amines is 1. The van der Waals surface area contributed by atoms with E-state index in [9.17, 15) is 9.18 Å². The smallest absolute Gasteiger partial charge is 0.408 e. The fourth-order valence-electron chi connectivity index (χ4n) is 5.62. The average molecular weight is 501 g/mol. The fourth-order valence-corrected chi connectivity index (χ4v) is 5.62. The number of nitrogens with zero attached hydrogens (tertiary/aromatic N) is 5. The molecule has 3 saturated carbocycles. The first-order chi connectivity index (χ1) is 17.4. The molecule has 5 aliphatic rings. The van der Waals surface area contributed by atoms with Crippen LogP contribution in [0.4, 0.5) is 25.3 Å². The zero-order chi connectivity index (χ0) is 24.4. The van der Waals surface area contributed by atoms with Crippen LogP contribution in [0.2, 0.25) is 0 Å². The van der Waals surface area contributed by atoms with Crippen LogP contribution in [0.25, 0.3) is 5.65 Å². The van der Waals surface area contributed by atoms with Gasteiger partial charge >= 0.3 is 6.09 Å². The molecule has 3 aromatic heterocycles. The number of halogens is 2. The second-order valence-corrected chi connectivity index (χ2v) is 10.4. The Kier molecular flexibility index (Phi) is 4.93. The van der Waals surface area contributed by atoms with E-state index in [1.807, 2.05) is 11.1 Å². The Balaban J connectivity index is 0.997. The summed E-state index contributed by atoms with van der Waals surface area (Å²) in [4.78, 5) is 23.1. The van der Waals surface area contributed by atoms with Crippen LogP contribution in [0, 0.1) is 5.92 Å². The maximum absolute atomic E-state index is 15.1. The molecule has 5 fully saturated rings. The number of aromatic nitrogens is 5. The van der Waals surface area contributed by atoms with E-state index < -0.39 is 30.6 Å². The van der Waals surface area contributed by atoms with E-state index in [1.165, 1.54) is 0 Å². The third-order valence-corrected chi connectivity index (χ3v) is 7.62. The molecule has 8 rings (SSSR count). The molecule has 190 valence electrons. The second kappa shape index (κ2) is 8.10.